The van der Waals surface area contributed by atoms with Crippen LogP contribution in [0.5, 0.6) is 0 Å². The lowest BCUT2D eigenvalue weighted by Gasteiger charge is -2.57. The van der Waals surface area contributed by atoms with Crippen LogP contribution in [0.25, 0.3) is 0 Å². The Kier molecular flexibility index (Phi) is 7.29. The first-order chi connectivity index (χ1) is 15.3. The van der Waals surface area contributed by atoms with Gasteiger partial charge in [-0.15, -0.1) is 0 Å². The number of carbonyl (C=O) groups is 1. The fourth-order valence-electron chi connectivity index (χ4n) is 4.89. The molecule has 2 heterocycles. The molecule has 1 aromatic carbocycles. The van der Waals surface area contributed by atoms with Crippen LogP contribution < -0.4 is 10.6 Å². The van der Waals surface area contributed by atoms with Gasteiger partial charge in [-0.2, -0.15) is 0 Å². The van der Waals surface area contributed by atoms with Crippen molar-refractivity contribution >= 4 is 18.5 Å². The molecule has 0 aliphatic carbocycles. The van der Waals surface area contributed by atoms with Gasteiger partial charge in [-0.1, -0.05) is 31.2 Å². The number of hydroxylamine groups is 2. The molecule has 0 aromatic heterocycles. The number of fused-ring (bicyclic) bond motifs is 1. The molecule has 1 aromatic rings. The number of carbonyl (C=O) groups excluding carboxylic acids is 1. The lowest BCUT2D eigenvalue weighted by molar-refractivity contribution is -0.234. The van der Waals surface area contributed by atoms with Gasteiger partial charge in [0.1, 0.15) is 11.8 Å². The molecule has 2 fully saturated rings. The van der Waals surface area contributed by atoms with Crippen LogP contribution in [-0.4, -0.2) is 89.0 Å². The maximum Gasteiger partial charge on any atom is 0.338 e. The zero-order chi connectivity index (χ0) is 23.5. The summed E-state index contributed by atoms with van der Waals surface area (Å²) in [6.45, 7) is 7.55. The summed E-state index contributed by atoms with van der Waals surface area (Å²) in [6, 6.07) is 6.02. The molecule has 6 atom stereocenters. The zero-order valence-corrected chi connectivity index (χ0v) is 18.6. The Morgan fingerprint density at radius 1 is 1.50 bits per heavy atom. The van der Waals surface area contributed by atoms with Crippen LogP contribution in [0, 0.1) is 18.3 Å². The van der Waals surface area contributed by atoms with Crippen molar-refractivity contribution in [3.8, 4) is 0 Å². The molecule has 10 nitrogen and oxygen atoms in total. The summed E-state index contributed by atoms with van der Waals surface area (Å²) < 4.78 is 5.90. The van der Waals surface area contributed by atoms with E-state index in [1.165, 1.54) is 18.8 Å². The molecular formula is C22H32N6O4. The van der Waals surface area contributed by atoms with Gasteiger partial charge in [0.25, 0.3) is 0 Å². The third kappa shape index (κ3) is 3.90. The van der Waals surface area contributed by atoms with E-state index < -0.39 is 41.9 Å². The Bertz CT molecular complexity index is 862. The van der Waals surface area contributed by atoms with Gasteiger partial charge in [0, 0.05) is 31.9 Å². The van der Waals surface area contributed by atoms with E-state index in [4.69, 9.17) is 10.1 Å². The highest BCUT2D eigenvalue weighted by Gasteiger charge is 2.65. The van der Waals surface area contributed by atoms with Gasteiger partial charge < -0.3 is 20.6 Å². The SMILES string of the molecule is C=CN(O)C12C(NC=NC)[C@H](CO)NC(C=N)N1C[C@H](OC(=O)c1ccc(C)cc1)C2C. The predicted molar refractivity (Wildman–Crippen MR) is 121 cm³/mol. The Labute approximate surface area is 188 Å². The number of nitrogens with zero attached hydrogens (tertiary/aromatic N) is 3. The van der Waals surface area contributed by atoms with Crippen molar-refractivity contribution in [2.75, 3.05) is 20.2 Å². The molecule has 2 aliphatic heterocycles. The quantitative estimate of drug-likeness (QED) is 0.170. The first kappa shape index (κ1) is 23.9. The van der Waals surface area contributed by atoms with Crippen LogP contribution in [0.1, 0.15) is 22.8 Å². The molecule has 32 heavy (non-hydrogen) atoms. The van der Waals surface area contributed by atoms with Crippen LogP contribution in [0.2, 0.25) is 0 Å². The fourth-order valence-corrected chi connectivity index (χ4v) is 4.89. The number of esters is 1. The average Bonchev–Trinajstić information content (AvgIpc) is 3.09. The molecule has 2 aliphatic rings. The summed E-state index contributed by atoms with van der Waals surface area (Å²) in [4.78, 5) is 18.7. The van der Waals surface area contributed by atoms with Gasteiger partial charge in [-0.05, 0) is 19.1 Å². The van der Waals surface area contributed by atoms with Gasteiger partial charge in [0.05, 0.1) is 36.8 Å². The van der Waals surface area contributed by atoms with Gasteiger partial charge in [-0.3, -0.25) is 20.4 Å². The molecule has 0 amide bonds. The number of nitrogens with one attached hydrogen (secondary N) is 3. The number of aliphatic hydroxyl groups excluding tert-OH is 1. The van der Waals surface area contributed by atoms with Gasteiger partial charge in [0.15, 0.2) is 0 Å². The highest BCUT2D eigenvalue weighted by molar-refractivity contribution is 5.89. The van der Waals surface area contributed by atoms with Crippen molar-refractivity contribution in [1.82, 2.24) is 20.6 Å². The van der Waals surface area contributed by atoms with Crippen molar-refractivity contribution in [1.29, 1.82) is 5.41 Å². The van der Waals surface area contributed by atoms with E-state index in [0.717, 1.165) is 10.6 Å². The van der Waals surface area contributed by atoms with Crippen LogP contribution in [-0.2, 0) is 4.74 Å². The van der Waals surface area contributed by atoms with Crippen molar-refractivity contribution in [3.05, 3.63) is 48.2 Å². The number of hydrogen-bond acceptors (Lipinski definition) is 9. The van der Waals surface area contributed by atoms with E-state index in [2.05, 4.69) is 22.2 Å². The van der Waals surface area contributed by atoms with E-state index in [-0.39, 0.29) is 13.2 Å². The highest BCUT2D eigenvalue weighted by Crippen LogP contribution is 2.45. The van der Waals surface area contributed by atoms with E-state index >= 15 is 0 Å². The molecule has 5 N–H and O–H groups in total. The second-order valence-electron chi connectivity index (χ2n) is 8.16. The van der Waals surface area contributed by atoms with Crippen molar-refractivity contribution in [2.45, 2.75) is 43.9 Å². The van der Waals surface area contributed by atoms with E-state index in [1.54, 1.807) is 19.2 Å². The number of aliphatic hydroxyl groups is 1. The minimum atomic E-state index is -1.18. The second kappa shape index (κ2) is 9.78. The normalized spacial score (nSPS) is 32.3. The number of benzene rings is 1. The largest absolute Gasteiger partial charge is 0.457 e. The lowest BCUT2D eigenvalue weighted by atomic mass is 9.80. The molecule has 10 heteroatoms. The van der Waals surface area contributed by atoms with E-state index in [9.17, 15) is 15.1 Å². The topological polar surface area (TPSA) is 134 Å². The summed E-state index contributed by atoms with van der Waals surface area (Å²) in [7, 11) is 1.61. The maximum atomic E-state index is 12.9. The van der Waals surface area contributed by atoms with Crippen molar-refractivity contribution in [3.63, 3.8) is 0 Å². The van der Waals surface area contributed by atoms with E-state index in [0.29, 0.717) is 5.56 Å². The standard InChI is InChI=1S/C22H32N6O4/c1-5-28(31)22-15(3)18(32-21(30)16-8-6-14(2)7-9-16)11-27(22)19(10-23)26-17(12-29)20(22)25-13-24-4/h5-10,13,15,17-20,23,26,29,31H,1,11-12H2,2-4H3,(H,24,25)/t15?,17-,18-,19?,20?,22?/m0/s1. The van der Waals surface area contributed by atoms with Crippen molar-refractivity contribution < 1.29 is 19.8 Å². The third-order valence-corrected chi connectivity index (χ3v) is 6.47. The molecule has 0 bridgehead atoms. The molecular weight excluding hydrogens is 412 g/mol. The lowest BCUT2D eigenvalue weighted by Crippen LogP contribution is -2.81. The molecule has 0 spiro atoms. The average molecular weight is 445 g/mol. The first-order valence-electron chi connectivity index (χ1n) is 10.5. The molecule has 0 saturated carbocycles. The zero-order valence-electron chi connectivity index (χ0n) is 18.6. The molecule has 4 unspecified atom stereocenters. The maximum absolute atomic E-state index is 12.9. The molecule has 0 radical (unpaired) electrons. The number of ether oxygens (including phenoxy) is 1. The summed E-state index contributed by atoms with van der Waals surface area (Å²) in [5, 5.41) is 36.5. The molecule has 3 rings (SSSR count). The van der Waals surface area contributed by atoms with Gasteiger partial charge in [0.2, 0.25) is 0 Å². The number of hydrogen-bond donors (Lipinski definition) is 5. The smallest absolute Gasteiger partial charge is 0.338 e. The highest BCUT2D eigenvalue weighted by atomic mass is 16.5. The Morgan fingerprint density at radius 2 is 2.19 bits per heavy atom. The fraction of sp³-hybridized carbons (Fsp3) is 0.500. The molecule has 174 valence electrons. The Hall–Kier alpha value is -2.79. The monoisotopic (exact) mass is 444 g/mol. The predicted octanol–water partition coefficient (Wildman–Crippen LogP) is 0.559. The van der Waals surface area contributed by atoms with Gasteiger partial charge in [-0.25, -0.2) is 9.86 Å². The second-order valence-corrected chi connectivity index (χ2v) is 8.16. The van der Waals surface area contributed by atoms with Crippen molar-refractivity contribution in [2.24, 2.45) is 10.9 Å². The van der Waals surface area contributed by atoms with Crippen LogP contribution >= 0.6 is 0 Å². The van der Waals surface area contributed by atoms with Gasteiger partial charge >= 0.3 is 5.97 Å². The third-order valence-electron chi connectivity index (χ3n) is 6.47. The number of rotatable bonds is 8. The summed E-state index contributed by atoms with van der Waals surface area (Å²) >= 11 is 0. The number of aryl methyl sites for hydroxylation is 1. The molecule has 2 saturated heterocycles. The minimum Gasteiger partial charge on any atom is -0.457 e. The van der Waals surface area contributed by atoms with Crippen LogP contribution in [0.3, 0.4) is 0 Å². The first-order valence-corrected chi connectivity index (χ1v) is 10.5. The Morgan fingerprint density at radius 3 is 2.75 bits per heavy atom. The minimum absolute atomic E-state index is 0.249. The Balaban J connectivity index is 2.02. The van der Waals surface area contributed by atoms with Crippen LogP contribution in [0.15, 0.2) is 42.0 Å². The number of aliphatic imine (C=N–C) groups is 1. The summed E-state index contributed by atoms with van der Waals surface area (Å²) in [6.07, 6.45) is 2.78. The summed E-state index contributed by atoms with van der Waals surface area (Å²) in [5.74, 6) is -0.890. The van der Waals surface area contributed by atoms with Crippen LogP contribution in [0.4, 0.5) is 0 Å². The summed E-state index contributed by atoms with van der Waals surface area (Å²) in [5.41, 5.74) is 0.298. The van der Waals surface area contributed by atoms with E-state index in [1.807, 2.05) is 30.9 Å².